The van der Waals surface area contributed by atoms with E-state index in [1.165, 1.54) is 106 Å². The Bertz CT molecular complexity index is 4620. The number of fused-ring (bicyclic) bond motifs is 27. The Morgan fingerprint density at radius 2 is 0.707 bits per heavy atom. The Morgan fingerprint density at radius 3 is 1.15 bits per heavy atom. The van der Waals surface area contributed by atoms with E-state index in [0.29, 0.717) is 6.61 Å². The molecule has 0 radical (unpaired) electrons. The average molecular weight is 973 g/mol. The molecular formula is C71H44N2OS. The lowest BCUT2D eigenvalue weighted by Gasteiger charge is -2.30. The van der Waals surface area contributed by atoms with Crippen LogP contribution in [-0.4, -0.2) is 16.6 Å². The molecule has 0 atom stereocenters. The lowest BCUT2D eigenvalue weighted by Crippen LogP contribution is -2.25. The van der Waals surface area contributed by atoms with Crippen molar-refractivity contribution in [2.24, 2.45) is 0 Å². The molecule has 0 saturated heterocycles. The monoisotopic (exact) mass is 972 g/mol. The van der Waals surface area contributed by atoms with Crippen molar-refractivity contribution < 1.29 is 4.74 Å². The maximum absolute atomic E-state index is 6.16. The van der Waals surface area contributed by atoms with Gasteiger partial charge >= 0.3 is 0 Å². The molecule has 0 amide bonds. The van der Waals surface area contributed by atoms with Gasteiger partial charge in [0.15, 0.2) is 0 Å². The lowest BCUT2D eigenvalue weighted by atomic mass is 9.70. The topological polar surface area (TPSA) is 35.0 Å². The zero-order valence-corrected chi connectivity index (χ0v) is 42.0. The Morgan fingerprint density at radius 1 is 0.347 bits per heavy atom. The molecule has 0 bridgehead atoms. The third-order valence-corrected chi connectivity index (χ3v) is 18.6. The van der Waals surface area contributed by atoms with E-state index in [2.05, 4.69) is 225 Å². The summed E-state index contributed by atoms with van der Waals surface area (Å²) >= 11 is 1.85. The van der Waals surface area contributed by atoms with Crippen LogP contribution in [0.15, 0.2) is 218 Å². The second-order valence-corrected chi connectivity index (χ2v) is 21.8. The fourth-order valence-electron chi connectivity index (χ4n) is 14.7. The van der Waals surface area contributed by atoms with Gasteiger partial charge in [0.05, 0.1) is 38.2 Å². The number of rotatable bonds is 4. The van der Waals surface area contributed by atoms with E-state index in [4.69, 9.17) is 14.7 Å². The summed E-state index contributed by atoms with van der Waals surface area (Å²) in [6.07, 6.45) is 0. The molecule has 4 aliphatic carbocycles. The first-order valence-electron chi connectivity index (χ1n) is 26.2. The molecule has 17 rings (SSSR count). The second-order valence-electron chi connectivity index (χ2n) is 20.8. The minimum absolute atomic E-state index is 0.483. The van der Waals surface area contributed by atoms with Crippen LogP contribution in [0.5, 0.6) is 5.75 Å². The van der Waals surface area contributed by atoms with Crippen molar-refractivity contribution in [1.29, 1.82) is 0 Å². The molecule has 2 heterocycles. The first kappa shape index (κ1) is 41.5. The maximum atomic E-state index is 6.16. The molecule has 3 nitrogen and oxygen atoms in total. The molecule has 2 spiro atoms. The zero-order valence-electron chi connectivity index (χ0n) is 41.2. The van der Waals surface area contributed by atoms with E-state index in [1.807, 2.05) is 18.3 Å². The van der Waals surface area contributed by atoms with Crippen LogP contribution in [0.4, 0.5) is 0 Å². The fourth-order valence-corrected chi connectivity index (χ4v) is 15.9. The van der Waals surface area contributed by atoms with Crippen molar-refractivity contribution in [1.82, 2.24) is 9.97 Å². The van der Waals surface area contributed by atoms with E-state index in [1.54, 1.807) is 0 Å². The molecular weight excluding hydrogens is 929 g/mol. The van der Waals surface area contributed by atoms with Crippen LogP contribution < -0.4 is 4.74 Å². The summed E-state index contributed by atoms with van der Waals surface area (Å²) in [5, 5.41) is 4.42. The standard InChI is InChI=1S/C71H44N2OS/c1-3-74-41-35-37-47-53(39-41)52-38-40(2)34-36-46(52)64-65(47)73-67-66(72-64)68(50-24-16-32-60-62(50)48-22-8-14-30-58(48)70(60)54-26-10-4-18-42(54)43-19-5-11-27-55(43)70)75-69(67)51-25-17-33-61-63(51)49-23-9-15-31-59(49)71(61)56-28-12-6-20-44(56)45-21-7-13-29-57(45)71/h4-39H,3H2,1-2H3. The van der Waals surface area contributed by atoms with Gasteiger partial charge in [0.1, 0.15) is 16.8 Å². The van der Waals surface area contributed by atoms with Crippen LogP contribution in [0.1, 0.15) is 57.0 Å². The number of ether oxygens (including phenoxy) is 1. The molecule has 0 N–H and O–H groups in total. The van der Waals surface area contributed by atoms with E-state index in [9.17, 15) is 0 Å². The number of nitrogens with zero attached hydrogens (tertiary/aromatic N) is 2. The number of benzene rings is 11. The summed E-state index contributed by atoms with van der Waals surface area (Å²) in [6, 6.07) is 81.9. The molecule has 2 aromatic heterocycles. The predicted octanol–water partition coefficient (Wildman–Crippen LogP) is 17.9. The first-order valence-corrected chi connectivity index (χ1v) is 27.0. The molecule has 350 valence electrons. The van der Waals surface area contributed by atoms with E-state index in [-0.39, 0.29) is 0 Å². The molecule has 0 unspecified atom stereocenters. The van der Waals surface area contributed by atoms with E-state index < -0.39 is 10.8 Å². The van der Waals surface area contributed by atoms with E-state index in [0.717, 1.165) is 59.1 Å². The normalized spacial score (nSPS) is 14.3. The fraction of sp³-hybridized carbons (Fsp3) is 0.0704. The lowest BCUT2D eigenvalue weighted by molar-refractivity contribution is 0.341. The van der Waals surface area contributed by atoms with Crippen LogP contribution in [-0.2, 0) is 10.8 Å². The van der Waals surface area contributed by atoms with Gasteiger partial charge in [-0.15, -0.1) is 11.3 Å². The van der Waals surface area contributed by atoms with Crippen molar-refractivity contribution in [2.75, 3.05) is 6.61 Å². The minimum Gasteiger partial charge on any atom is -0.494 e. The minimum atomic E-state index is -0.485. The molecule has 4 aliphatic rings. The summed E-state index contributed by atoms with van der Waals surface area (Å²) in [4.78, 5) is 14.2. The molecule has 75 heavy (non-hydrogen) atoms. The number of thiophene rings is 1. The van der Waals surface area contributed by atoms with Crippen LogP contribution in [0.2, 0.25) is 0 Å². The Hall–Kier alpha value is -8.96. The van der Waals surface area contributed by atoms with Crippen molar-refractivity contribution in [3.63, 3.8) is 0 Å². The molecule has 4 heteroatoms. The van der Waals surface area contributed by atoms with Gasteiger partial charge in [-0.1, -0.05) is 206 Å². The van der Waals surface area contributed by atoms with Gasteiger partial charge in [0.25, 0.3) is 0 Å². The summed E-state index contributed by atoms with van der Waals surface area (Å²) < 4.78 is 6.16. The Kier molecular flexibility index (Phi) is 8.22. The van der Waals surface area contributed by atoms with Crippen LogP contribution >= 0.6 is 11.3 Å². The van der Waals surface area contributed by atoms with Crippen molar-refractivity contribution in [2.45, 2.75) is 24.7 Å². The van der Waals surface area contributed by atoms with Crippen molar-refractivity contribution >= 4 is 54.9 Å². The number of aromatic nitrogens is 2. The van der Waals surface area contributed by atoms with Gasteiger partial charge in [0, 0.05) is 21.9 Å². The number of aryl methyl sites for hydroxylation is 1. The van der Waals surface area contributed by atoms with Gasteiger partial charge < -0.3 is 4.74 Å². The molecule has 11 aromatic carbocycles. The molecule has 0 fully saturated rings. The summed E-state index contributed by atoms with van der Waals surface area (Å²) in [6.45, 7) is 4.81. The summed E-state index contributed by atoms with van der Waals surface area (Å²) in [5.41, 5.74) is 27.1. The van der Waals surface area contributed by atoms with Crippen LogP contribution in [0.3, 0.4) is 0 Å². The summed E-state index contributed by atoms with van der Waals surface area (Å²) in [5.74, 6) is 0.853. The summed E-state index contributed by atoms with van der Waals surface area (Å²) in [7, 11) is 0. The van der Waals surface area contributed by atoms with Crippen molar-refractivity contribution in [3.05, 3.63) is 268 Å². The van der Waals surface area contributed by atoms with Gasteiger partial charge in [-0.2, -0.15) is 0 Å². The maximum Gasteiger partial charge on any atom is 0.119 e. The highest BCUT2D eigenvalue weighted by Gasteiger charge is 2.54. The van der Waals surface area contributed by atoms with Crippen molar-refractivity contribution in [3.8, 4) is 71.1 Å². The largest absolute Gasteiger partial charge is 0.494 e. The van der Waals surface area contributed by atoms with Crippen LogP contribution in [0.25, 0.3) is 109 Å². The first-order chi connectivity index (χ1) is 37.1. The smallest absolute Gasteiger partial charge is 0.119 e. The predicted molar refractivity (Wildman–Crippen MR) is 309 cm³/mol. The highest BCUT2D eigenvalue weighted by molar-refractivity contribution is 7.21. The second kappa shape index (κ2) is 14.8. The quantitative estimate of drug-likeness (QED) is 0.165. The van der Waals surface area contributed by atoms with Gasteiger partial charge in [-0.3, -0.25) is 0 Å². The molecule has 0 aliphatic heterocycles. The third kappa shape index (κ3) is 5.06. The van der Waals surface area contributed by atoms with Crippen LogP contribution in [0, 0.1) is 6.92 Å². The number of hydrogen-bond acceptors (Lipinski definition) is 4. The highest BCUT2D eigenvalue weighted by Crippen LogP contribution is 2.67. The van der Waals surface area contributed by atoms with Gasteiger partial charge in [0.2, 0.25) is 0 Å². The molecule has 13 aromatic rings. The zero-order chi connectivity index (χ0) is 49.3. The average Bonchev–Trinajstić information content (AvgIpc) is 4.24. The highest BCUT2D eigenvalue weighted by atomic mass is 32.1. The van der Waals surface area contributed by atoms with Gasteiger partial charge in [-0.25, -0.2) is 9.97 Å². The Labute approximate surface area is 438 Å². The van der Waals surface area contributed by atoms with E-state index >= 15 is 0 Å². The van der Waals surface area contributed by atoms with Gasteiger partial charge in [-0.05, 0) is 132 Å². The number of hydrogen-bond donors (Lipinski definition) is 0. The SMILES string of the molecule is CCOc1ccc2c(c1)c1cc(C)ccc1c1nc3c(-c4cccc5c4-c4ccccc4C54c5ccccc5-c5ccccc54)sc(-c4cccc5c4-c4ccccc4C54c5ccccc5-c5ccccc54)c3nc21. The Balaban J connectivity index is 1.01. The molecule has 0 saturated carbocycles. The third-order valence-electron chi connectivity index (χ3n) is 17.3.